The van der Waals surface area contributed by atoms with Gasteiger partial charge in [0.25, 0.3) is 5.56 Å². The Labute approximate surface area is 102 Å². The topological polar surface area (TPSA) is 38.1 Å². The Morgan fingerprint density at radius 1 is 1.60 bits per heavy atom. The molecule has 0 saturated heterocycles. The van der Waals surface area contributed by atoms with Gasteiger partial charge in [0.15, 0.2) is 5.15 Å². The lowest BCUT2D eigenvalue weighted by Crippen LogP contribution is -2.23. The summed E-state index contributed by atoms with van der Waals surface area (Å²) in [6, 6.07) is 0. The van der Waals surface area contributed by atoms with Crippen LogP contribution in [0.5, 0.6) is 0 Å². The molecule has 1 aromatic heterocycles. The fourth-order valence-electron chi connectivity index (χ4n) is 1.16. The maximum absolute atomic E-state index is 11.6. The van der Waals surface area contributed by atoms with Gasteiger partial charge in [-0.2, -0.15) is 0 Å². The average molecular weight is 295 g/mol. The molecule has 84 valence electrons. The molecule has 4 nitrogen and oxygen atoms in total. The molecule has 1 heterocycles. The van der Waals surface area contributed by atoms with E-state index in [4.69, 9.17) is 11.6 Å². The van der Waals surface area contributed by atoms with E-state index in [0.717, 1.165) is 13.0 Å². The van der Waals surface area contributed by atoms with E-state index in [1.54, 1.807) is 4.57 Å². The molecule has 0 fully saturated rings. The van der Waals surface area contributed by atoms with E-state index in [-0.39, 0.29) is 10.7 Å². The number of hydrogen-bond donors (Lipinski definition) is 0. The molecule has 0 aromatic carbocycles. The lowest BCUT2D eigenvalue weighted by Gasteiger charge is -2.10. The molecule has 0 amide bonds. The number of halogens is 2. The van der Waals surface area contributed by atoms with Crippen LogP contribution >= 0.6 is 27.5 Å². The Kier molecular flexibility index (Phi) is 4.76. The zero-order valence-electron chi connectivity index (χ0n) is 8.70. The maximum atomic E-state index is 11.6. The number of aromatic nitrogens is 2. The van der Waals surface area contributed by atoms with Crippen LogP contribution in [0.3, 0.4) is 0 Å². The molecular formula is C9H13BrClN3O. The summed E-state index contributed by atoms with van der Waals surface area (Å²) >= 11 is 8.80. The highest BCUT2D eigenvalue weighted by molar-refractivity contribution is 9.10. The van der Waals surface area contributed by atoms with Gasteiger partial charge in [0.2, 0.25) is 0 Å². The van der Waals surface area contributed by atoms with Crippen molar-refractivity contribution in [2.45, 2.75) is 13.0 Å². The van der Waals surface area contributed by atoms with Gasteiger partial charge in [-0.1, -0.05) is 11.6 Å². The number of hydrogen-bond acceptors (Lipinski definition) is 3. The highest BCUT2D eigenvalue weighted by Gasteiger charge is 2.06. The Bertz CT molecular complexity index is 391. The average Bonchev–Trinajstić information content (AvgIpc) is 2.18. The third kappa shape index (κ3) is 3.59. The molecule has 0 aliphatic heterocycles. The van der Waals surface area contributed by atoms with E-state index in [1.807, 2.05) is 14.1 Å². The molecule has 0 aliphatic carbocycles. The van der Waals surface area contributed by atoms with Crippen molar-refractivity contribution in [2.24, 2.45) is 0 Å². The predicted molar refractivity (Wildman–Crippen MR) is 64.4 cm³/mol. The van der Waals surface area contributed by atoms with Crippen LogP contribution < -0.4 is 5.56 Å². The van der Waals surface area contributed by atoms with Gasteiger partial charge in [0.1, 0.15) is 4.47 Å². The molecule has 0 radical (unpaired) electrons. The first-order valence-corrected chi connectivity index (χ1v) is 5.74. The summed E-state index contributed by atoms with van der Waals surface area (Å²) in [5.74, 6) is 0. The van der Waals surface area contributed by atoms with Crippen LogP contribution in [-0.4, -0.2) is 35.1 Å². The number of rotatable bonds is 4. The lowest BCUT2D eigenvalue weighted by atomic mass is 10.4. The van der Waals surface area contributed by atoms with Crippen LogP contribution in [0.15, 0.2) is 15.6 Å². The quantitative estimate of drug-likeness (QED) is 0.792. The summed E-state index contributed by atoms with van der Waals surface area (Å²) in [5.41, 5.74) is -0.131. The second-order valence-electron chi connectivity index (χ2n) is 3.50. The van der Waals surface area contributed by atoms with Crippen molar-refractivity contribution in [3.63, 3.8) is 0 Å². The highest BCUT2D eigenvalue weighted by atomic mass is 79.9. The van der Waals surface area contributed by atoms with Gasteiger partial charge < -0.3 is 4.90 Å². The molecule has 0 atom stereocenters. The molecule has 0 aliphatic rings. The van der Waals surface area contributed by atoms with Gasteiger partial charge in [0, 0.05) is 6.54 Å². The van der Waals surface area contributed by atoms with Gasteiger partial charge in [-0.05, 0) is 43.0 Å². The molecule has 1 aromatic rings. The van der Waals surface area contributed by atoms with Gasteiger partial charge in [-0.3, -0.25) is 9.36 Å². The van der Waals surface area contributed by atoms with E-state index in [1.165, 1.54) is 6.33 Å². The molecule has 0 N–H and O–H groups in total. The Morgan fingerprint density at radius 2 is 2.27 bits per heavy atom. The lowest BCUT2D eigenvalue weighted by molar-refractivity contribution is 0.384. The molecule has 15 heavy (non-hydrogen) atoms. The number of nitrogens with zero attached hydrogens (tertiary/aromatic N) is 3. The molecule has 1 rings (SSSR count). The monoisotopic (exact) mass is 293 g/mol. The minimum absolute atomic E-state index is 0.131. The predicted octanol–water partition coefficient (Wildman–Crippen LogP) is 1.61. The van der Waals surface area contributed by atoms with Gasteiger partial charge in [0.05, 0.1) is 6.33 Å². The van der Waals surface area contributed by atoms with Crippen molar-refractivity contribution in [2.75, 3.05) is 20.6 Å². The minimum Gasteiger partial charge on any atom is -0.309 e. The van der Waals surface area contributed by atoms with Crippen molar-refractivity contribution < 1.29 is 0 Å². The zero-order chi connectivity index (χ0) is 11.4. The normalized spacial score (nSPS) is 11.0. The second-order valence-corrected chi connectivity index (χ2v) is 4.66. The Morgan fingerprint density at radius 3 is 2.87 bits per heavy atom. The standard InChI is InChI=1S/C9H13BrClN3O/c1-13(2)4-3-5-14-6-12-8(11)7(10)9(14)15/h6H,3-5H2,1-2H3. The van der Waals surface area contributed by atoms with E-state index in [9.17, 15) is 4.79 Å². The first-order chi connectivity index (χ1) is 7.02. The second kappa shape index (κ2) is 5.63. The largest absolute Gasteiger partial charge is 0.309 e. The molecule has 0 spiro atoms. The summed E-state index contributed by atoms with van der Waals surface area (Å²) < 4.78 is 1.89. The third-order valence-corrected chi connectivity index (χ3v) is 3.17. The van der Waals surface area contributed by atoms with Crippen LogP contribution in [-0.2, 0) is 6.54 Å². The van der Waals surface area contributed by atoms with Crippen LogP contribution in [0.2, 0.25) is 5.15 Å². The Balaban J connectivity index is 2.71. The van der Waals surface area contributed by atoms with Crippen molar-refractivity contribution in [3.8, 4) is 0 Å². The molecular weight excluding hydrogens is 281 g/mol. The highest BCUT2D eigenvalue weighted by Crippen LogP contribution is 2.13. The van der Waals surface area contributed by atoms with Crippen molar-refractivity contribution >= 4 is 27.5 Å². The Hall–Kier alpha value is -0.390. The van der Waals surface area contributed by atoms with Crippen LogP contribution in [0, 0.1) is 0 Å². The SMILES string of the molecule is CN(C)CCCn1cnc(Cl)c(Br)c1=O. The smallest absolute Gasteiger partial charge is 0.269 e. The van der Waals surface area contributed by atoms with Crippen molar-refractivity contribution in [1.82, 2.24) is 14.5 Å². The summed E-state index contributed by atoms with van der Waals surface area (Å²) in [4.78, 5) is 17.6. The fourth-order valence-corrected chi connectivity index (χ4v) is 1.61. The van der Waals surface area contributed by atoms with Crippen molar-refractivity contribution in [3.05, 3.63) is 26.3 Å². The first kappa shape index (κ1) is 12.7. The molecule has 0 bridgehead atoms. The van der Waals surface area contributed by atoms with E-state index < -0.39 is 0 Å². The summed E-state index contributed by atoms with van der Waals surface area (Å²) in [6.07, 6.45) is 2.38. The fraction of sp³-hybridized carbons (Fsp3) is 0.556. The first-order valence-electron chi connectivity index (χ1n) is 4.57. The van der Waals surface area contributed by atoms with Gasteiger partial charge in [-0.15, -0.1) is 0 Å². The van der Waals surface area contributed by atoms with E-state index >= 15 is 0 Å². The van der Waals surface area contributed by atoms with Crippen LogP contribution in [0.4, 0.5) is 0 Å². The minimum atomic E-state index is -0.131. The van der Waals surface area contributed by atoms with Gasteiger partial charge in [-0.25, -0.2) is 4.98 Å². The third-order valence-electron chi connectivity index (χ3n) is 1.94. The van der Waals surface area contributed by atoms with E-state index in [2.05, 4.69) is 25.8 Å². The summed E-state index contributed by atoms with van der Waals surface area (Å²) in [5, 5.41) is 0.212. The summed E-state index contributed by atoms with van der Waals surface area (Å²) in [7, 11) is 4.00. The zero-order valence-corrected chi connectivity index (χ0v) is 11.0. The van der Waals surface area contributed by atoms with E-state index in [0.29, 0.717) is 11.0 Å². The van der Waals surface area contributed by atoms with Crippen LogP contribution in [0.25, 0.3) is 0 Å². The van der Waals surface area contributed by atoms with Crippen LogP contribution in [0.1, 0.15) is 6.42 Å². The number of aryl methyl sites for hydroxylation is 1. The summed E-state index contributed by atoms with van der Waals surface area (Å²) in [6.45, 7) is 1.59. The molecule has 6 heteroatoms. The molecule has 0 unspecified atom stereocenters. The van der Waals surface area contributed by atoms with Crippen molar-refractivity contribution in [1.29, 1.82) is 0 Å². The molecule has 0 saturated carbocycles. The van der Waals surface area contributed by atoms with Gasteiger partial charge >= 0.3 is 0 Å². The maximum Gasteiger partial charge on any atom is 0.269 e.